The molecule has 2 aromatic carbocycles. The number of likely N-dealkylation sites (tertiary alicyclic amines) is 1. The fraction of sp³-hybridized carbons (Fsp3) is 0.603. The number of likely N-dealkylation sites (N-methyl/N-ethyl adjacent to an activating group) is 1. The Bertz CT molecular complexity index is 2290. The summed E-state index contributed by atoms with van der Waals surface area (Å²) < 4.78 is 23.4. The van der Waals surface area contributed by atoms with Gasteiger partial charge >= 0.3 is 6.09 Å². The zero-order valence-electron chi connectivity index (χ0n) is 47.5. The lowest BCUT2D eigenvalue weighted by Gasteiger charge is -2.40. The van der Waals surface area contributed by atoms with Crippen LogP contribution in [-0.2, 0) is 54.3 Å². The van der Waals surface area contributed by atoms with Gasteiger partial charge in [0.1, 0.15) is 32.2 Å². The minimum atomic E-state index is -1.39. The van der Waals surface area contributed by atoms with Crippen LogP contribution in [0.3, 0.4) is 0 Å². The van der Waals surface area contributed by atoms with Crippen molar-refractivity contribution in [3.63, 3.8) is 0 Å². The molecule has 432 valence electrons. The van der Waals surface area contributed by atoms with E-state index in [4.69, 9.17) is 18.9 Å². The van der Waals surface area contributed by atoms with Crippen LogP contribution in [0.15, 0.2) is 84.5 Å². The molecule has 7 N–H and O–H groups in total. The molecule has 6 unspecified atom stereocenters. The van der Waals surface area contributed by atoms with Crippen molar-refractivity contribution in [3.05, 3.63) is 95.6 Å². The first-order valence-corrected chi connectivity index (χ1v) is 27.4. The van der Waals surface area contributed by atoms with Crippen LogP contribution >= 0.6 is 0 Å². The zero-order valence-corrected chi connectivity index (χ0v) is 47.5. The van der Waals surface area contributed by atoms with Crippen molar-refractivity contribution < 1.29 is 57.6 Å². The number of rotatable bonds is 32. The predicted molar refractivity (Wildman–Crippen MR) is 296 cm³/mol. The Kier molecular flexibility index (Phi) is 27.5. The van der Waals surface area contributed by atoms with Gasteiger partial charge in [-0.15, -0.1) is 0 Å². The van der Waals surface area contributed by atoms with Crippen molar-refractivity contribution in [1.82, 2.24) is 41.7 Å². The highest BCUT2D eigenvalue weighted by molar-refractivity contribution is 5.87. The summed E-state index contributed by atoms with van der Waals surface area (Å²) in [6.07, 6.45) is 5.87. The molecule has 0 aromatic heterocycles. The van der Waals surface area contributed by atoms with Crippen molar-refractivity contribution in [3.8, 4) is 0 Å². The molecule has 1 fully saturated rings. The van der Waals surface area contributed by atoms with Gasteiger partial charge in [0.2, 0.25) is 35.4 Å². The number of nitrogens with one attached hydrogen (secondary N) is 6. The van der Waals surface area contributed by atoms with Crippen LogP contribution < -0.4 is 31.9 Å². The third-order valence-electron chi connectivity index (χ3n) is 14.9. The van der Waals surface area contributed by atoms with Crippen molar-refractivity contribution in [1.29, 1.82) is 0 Å². The van der Waals surface area contributed by atoms with Gasteiger partial charge in [0.25, 0.3) is 0 Å². The number of carbonyl (C=O) groups excluding carboxylic acids is 7. The number of nitrogens with zero attached hydrogens (tertiary/aromatic N) is 2. The highest BCUT2D eigenvalue weighted by Crippen LogP contribution is 2.31. The van der Waals surface area contributed by atoms with E-state index >= 15 is 0 Å². The molecule has 0 spiro atoms. The monoisotopic (exact) mass is 1090 g/mol. The molecule has 4 rings (SSSR count). The smallest absolute Gasteiger partial charge is 0.407 e. The van der Waals surface area contributed by atoms with Crippen LogP contribution in [0.4, 0.5) is 4.79 Å². The third-order valence-corrected chi connectivity index (χ3v) is 14.9. The maximum absolute atomic E-state index is 14.3. The molecule has 1 saturated heterocycles. The SMILES string of the molecule is CCC(C)C([C@@H](CC(=O)N1CCCC1C(OC)[C@@H](C)C(=O)N[C@H](C)C(OCNC(=O)CNC(O)[C@H](CC1=CCCC=C1)NC(=O)CNC(=O)CNC(=O)OCc1ccccc1)c1ccccc1)OC)N(C)C(=O)[C@@H](C)C(C)C. The topological polar surface area (TPSA) is 255 Å². The summed E-state index contributed by atoms with van der Waals surface area (Å²) in [5.74, 6) is -2.88. The molecule has 1 heterocycles. The first-order chi connectivity index (χ1) is 37.3. The van der Waals surface area contributed by atoms with Crippen LogP contribution in [-0.4, -0.2) is 153 Å². The minimum Gasteiger partial charge on any atom is -0.445 e. The Labute approximate surface area is 461 Å². The van der Waals surface area contributed by atoms with E-state index in [1.807, 2.05) is 87.5 Å². The van der Waals surface area contributed by atoms with Crippen LogP contribution in [0.5, 0.6) is 0 Å². The Morgan fingerprint density at radius 2 is 1.46 bits per heavy atom. The predicted octanol–water partition coefficient (Wildman–Crippen LogP) is 4.64. The Morgan fingerprint density at radius 3 is 2.09 bits per heavy atom. The van der Waals surface area contributed by atoms with Gasteiger partial charge in [-0.1, -0.05) is 132 Å². The van der Waals surface area contributed by atoms with Gasteiger partial charge in [0.05, 0.1) is 61.8 Å². The number of aliphatic hydroxyl groups is 1. The van der Waals surface area contributed by atoms with Crippen LogP contribution in [0.1, 0.15) is 111 Å². The molecule has 1 aliphatic heterocycles. The van der Waals surface area contributed by atoms with E-state index in [-0.39, 0.29) is 80.3 Å². The molecule has 2 aromatic rings. The Balaban J connectivity index is 1.32. The number of methoxy groups -OCH3 is 2. The number of amides is 7. The number of alkyl carbamates (subject to hydrolysis) is 1. The van der Waals surface area contributed by atoms with Gasteiger partial charge in [0.15, 0.2) is 0 Å². The maximum atomic E-state index is 14.3. The number of benzene rings is 2. The first kappa shape index (κ1) is 64.3. The average Bonchev–Trinajstić information content (AvgIpc) is 3.96. The van der Waals surface area contributed by atoms with Gasteiger partial charge < -0.3 is 60.4 Å². The van der Waals surface area contributed by atoms with Gasteiger partial charge in [-0.25, -0.2) is 4.79 Å². The molecular formula is C58H88N8O12. The lowest BCUT2D eigenvalue weighted by molar-refractivity contribution is -0.148. The van der Waals surface area contributed by atoms with E-state index in [0.29, 0.717) is 13.0 Å². The van der Waals surface area contributed by atoms with Crippen molar-refractivity contribution >= 4 is 41.5 Å². The number of allylic oxidation sites excluding steroid dienone is 3. The average molecular weight is 1090 g/mol. The molecule has 20 nitrogen and oxygen atoms in total. The highest BCUT2D eigenvalue weighted by atomic mass is 16.5. The summed E-state index contributed by atoms with van der Waals surface area (Å²) in [6.45, 7) is 12.7. The first-order valence-electron chi connectivity index (χ1n) is 27.4. The molecule has 11 atom stereocenters. The van der Waals surface area contributed by atoms with Gasteiger partial charge in [-0.3, -0.25) is 34.1 Å². The largest absolute Gasteiger partial charge is 0.445 e. The van der Waals surface area contributed by atoms with E-state index < -0.39 is 79.4 Å². The molecule has 78 heavy (non-hydrogen) atoms. The third kappa shape index (κ3) is 20.2. The summed E-state index contributed by atoms with van der Waals surface area (Å²) >= 11 is 0. The van der Waals surface area contributed by atoms with Crippen LogP contribution in [0.25, 0.3) is 0 Å². The second kappa shape index (κ2) is 33.3. The number of carbonyl (C=O) groups is 7. The number of hydrogen-bond acceptors (Lipinski definition) is 13. The van der Waals surface area contributed by atoms with E-state index in [9.17, 15) is 38.7 Å². The maximum Gasteiger partial charge on any atom is 0.407 e. The normalized spacial score (nSPS) is 18.1. The quantitative estimate of drug-likeness (QED) is 0.0494. The Morgan fingerprint density at radius 1 is 0.795 bits per heavy atom. The molecule has 0 bridgehead atoms. The molecule has 0 saturated carbocycles. The molecular weight excluding hydrogens is 1000 g/mol. The highest BCUT2D eigenvalue weighted by Gasteiger charge is 2.43. The summed E-state index contributed by atoms with van der Waals surface area (Å²) in [5.41, 5.74) is 2.39. The standard InChI is InChI=1S/C58H88N8O12/c1-11-38(4)52(65(8)57(73)39(5)37(2)3)47(75-9)31-51(70)66-29-21-28-46(66)53(76-10)40(6)55(71)63-41(7)54(44-26-19-14-20-27-44)78-36-62-49(68)32-60-56(72)45(30-42-22-15-12-16-23-42)64-50(69)34-59-48(67)33-61-58(74)77-35-43-24-17-13-18-25-43/h13-15,17-20,22-27,37-41,45-47,52-54,56,60,72H,11-12,16,21,28-36H2,1-10H3,(H,59,67)(H,61,74)(H,62,68)(H,63,71)(H,64,69)/t38?,39-,40+,41+,45-,46?,47+,52?,53?,54?,56?/m0/s1. The number of hydrogen-bond donors (Lipinski definition) is 7. The van der Waals surface area contributed by atoms with Crippen molar-refractivity contribution in [2.45, 2.75) is 149 Å². The molecule has 2 aliphatic rings. The molecule has 20 heteroatoms. The molecule has 7 amide bonds. The van der Waals surface area contributed by atoms with Gasteiger partial charge in [-0.05, 0) is 62.0 Å². The summed E-state index contributed by atoms with van der Waals surface area (Å²) in [7, 11) is 4.92. The van der Waals surface area contributed by atoms with Gasteiger partial charge in [-0.2, -0.15) is 0 Å². The molecule has 1 aliphatic carbocycles. The number of ether oxygens (including phenoxy) is 4. The van der Waals surface area contributed by atoms with E-state index in [1.165, 1.54) is 0 Å². The van der Waals surface area contributed by atoms with Crippen LogP contribution in [0, 0.1) is 23.7 Å². The fourth-order valence-electron chi connectivity index (χ4n) is 9.87. The molecule has 0 radical (unpaired) electrons. The Hall–Kier alpha value is -6.19. The summed E-state index contributed by atoms with van der Waals surface area (Å²) in [6, 6.07) is 16.1. The number of aliphatic hydroxyl groups excluding tert-OH is 1. The van der Waals surface area contributed by atoms with Gasteiger partial charge in [0, 0.05) is 33.7 Å². The lowest BCUT2D eigenvalue weighted by atomic mass is 9.88. The second-order valence-corrected chi connectivity index (χ2v) is 20.8. The van der Waals surface area contributed by atoms with E-state index in [0.717, 1.165) is 42.4 Å². The minimum absolute atomic E-state index is 0.0122. The van der Waals surface area contributed by atoms with Crippen molar-refractivity contribution in [2.75, 3.05) is 54.2 Å². The lowest BCUT2D eigenvalue weighted by Crippen LogP contribution is -2.54. The second-order valence-electron chi connectivity index (χ2n) is 20.8. The van der Waals surface area contributed by atoms with Crippen molar-refractivity contribution in [2.24, 2.45) is 23.7 Å². The zero-order chi connectivity index (χ0) is 57.3. The van der Waals surface area contributed by atoms with E-state index in [1.54, 1.807) is 57.0 Å². The summed E-state index contributed by atoms with van der Waals surface area (Å²) in [5, 5.41) is 27.4. The van der Waals surface area contributed by atoms with E-state index in [2.05, 4.69) is 45.7 Å². The summed E-state index contributed by atoms with van der Waals surface area (Å²) in [4.78, 5) is 96.3. The fourth-order valence-corrected chi connectivity index (χ4v) is 9.87. The van der Waals surface area contributed by atoms with Crippen LogP contribution in [0.2, 0.25) is 0 Å².